The Kier molecular flexibility index (Phi) is 5.73. The summed E-state index contributed by atoms with van der Waals surface area (Å²) >= 11 is 0. The molecule has 192 valence electrons. The summed E-state index contributed by atoms with van der Waals surface area (Å²) in [6, 6.07) is 10.2. The second-order valence-corrected chi connectivity index (χ2v) is 10.1. The van der Waals surface area contributed by atoms with Gasteiger partial charge in [0.1, 0.15) is 0 Å². The summed E-state index contributed by atoms with van der Waals surface area (Å²) in [4.78, 5) is 31.0. The molecular formula is C27H30N6O4. The fourth-order valence-corrected chi connectivity index (χ4v) is 5.96. The van der Waals surface area contributed by atoms with Crippen molar-refractivity contribution < 1.29 is 19.4 Å². The average Bonchev–Trinajstić information content (AvgIpc) is 3.52. The third-order valence-electron chi connectivity index (χ3n) is 7.94. The average molecular weight is 503 g/mol. The molecule has 1 amide bonds. The Labute approximate surface area is 213 Å². The van der Waals surface area contributed by atoms with E-state index in [-0.39, 0.29) is 24.1 Å². The van der Waals surface area contributed by atoms with Crippen molar-refractivity contribution in [1.29, 1.82) is 0 Å². The molecule has 1 atom stereocenters. The van der Waals surface area contributed by atoms with Crippen LogP contribution in [0.15, 0.2) is 36.5 Å². The molecule has 3 heterocycles. The molecule has 3 N–H and O–H groups in total. The lowest BCUT2D eigenvalue weighted by Gasteiger charge is -2.34. The summed E-state index contributed by atoms with van der Waals surface area (Å²) in [5.74, 6) is -0.302. The number of aromatic amines is 1. The van der Waals surface area contributed by atoms with Crippen LogP contribution in [0.1, 0.15) is 50.6 Å². The zero-order chi connectivity index (χ0) is 25.7. The van der Waals surface area contributed by atoms with Gasteiger partial charge >= 0.3 is 12.1 Å². The maximum atomic E-state index is 12.6. The first kappa shape index (κ1) is 23.3. The van der Waals surface area contributed by atoms with Gasteiger partial charge in [-0.2, -0.15) is 5.10 Å². The molecule has 6 rings (SSSR count). The molecular weight excluding hydrogens is 472 g/mol. The highest BCUT2D eigenvalue weighted by Gasteiger charge is 2.33. The van der Waals surface area contributed by atoms with Crippen LogP contribution in [0.4, 0.5) is 22.1 Å². The minimum atomic E-state index is -0.716. The lowest BCUT2D eigenvalue weighted by atomic mass is 9.86. The number of anilines is 3. The molecule has 0 saturated heterocycles. The van der Waals surface area contributed by atoms with Crippen LogP contribution in [0, 0.1) is 5.92 Å². The highest BCUT2D eigenvalue weighted by atomic mass is 16.5. The zero-order valence-electron chi connectivity index (χ0n) is 20.9. The highest BCUT2D eigenvalue weighted by molar-refractivity contribution is 5.96. The molecule has 0 spiro atoms. The predicted molar refractivity (Wildman–Crippen MR) is 140 cm³/mol. The first-order valence-electron chi connectivity index (χ1n) is 12.8. The number of hydrogen-bond donors (Lipinski definition) is 3. The van der Waals surface area contributed by atoms with Crippen LogP contribution in [0.3, 0.4) is 0 Å². The lowest BCUT2D eigenvalue weighted by molar-refractivity contribution is -0.143. The topological polar surface area (TPSA) is 125 Å². The van der Waals surface area contributed by atoms with Gasteiger partial charge in [-0.15, -0.1) is 0 Å². The number of amides is 1. The SMILES string of the molecule is COC(=O)N1c2ccc3c(nc(Nc4ccc5cn[nH]c5c4)n3[C@H]3CC[C@H](C(=O)O)CC3)c2CC[C@@H]1C. The number of nitrogens with one attached hydrogen (secondary N) is 2. The number of carbonyl (C=O) groups is 2. The second kappa shape index (κ2) is 9.10. The number of ether oxygens (including phenoxy) is 1. The van der Waals surface area contributed by atoms with Crippen molar-refractivity contribution in [1.82, 2.24) is 19.7 Å². The first-order valence-corrected chi connectivity index (χ1v) is 12.8. The largest absolute Gasteiger partial charge is 0.481 e. The monoisotopic (exact) mass is 502 g/mol. The molecule has 1 aliphatic carbocycles. The smallest absolute Gasteiger partial charge is 0.414 e. The van der Waals surface area contributed by atoms with Crippen LogP contribution >= 0.6 is 0 Å². The Morgan fingerprint density at radius 1 is 1.14 bits per heavy atom. The number of methoxy groups -OCH3 is 1. The molecule has 2 aromatic heterocycles. The third kappa shape index (κ3) is 3.96. The van der Waals surface area contributed by atoms with E-state index < -0.39 is 5.97 Å². The molecule has 4 aromatic rings. The van der Waals surface area contributed by atoms with Gasteiger partial charge in [-0.25, -0.2) is 9.78 Å². The Hall–Kier alpha value is -4.08. The Balaban J connectivity index is 1.46. The number of aromatic nitrogens is 4. The van der Waals surface area contributed by atoms with E-state index in [0.717, 1.165) is 64.6 Å². The number of nitrogens with zero attached hydrogens (tertiary/aromatic N) is 4. The fourth-order valence-electron chi connectivity index (χ4n) is 5.96. The summed E-state index contributed by atoms with van der Waals surface area (Å²) in [6.07, 6.45) is 5.84. The highest BCUT2D eigenvalue weighted by Crippen LogP contribution is 2.42. The zero-order valence-corrected chi connectivity index (χ0v) is 20.9. The van der Waals surface area contributed by atoms with Crippen LogP contribution in [-0.4, -0.2) is 50.1 Å². The van der Waals surface area contributed by atoms with Gasteiger partial charge in [0, 0.05) is 28.7 Å². The van der Waals surface area contributed by atoms with E-state index in [1.807, 2.05) is 37.3 Å². The Bertz CT molecular complexity index is 1500. The molecule has 1 fully saturated rings. The number of carbonyl (C=O) groups excluding carboxylic acids is 1. The molecule has 0 radical (unpaired) electrons. The van der Waals surface area contributed by atoms with Gasteiger partial charge in [-0.1, -0.05) is 0 Å². The van der Waals surface area contributed by atoms with Gasteiger partial charge in [-0.05, 0) is 75.8 Å². The molecule has 1 aliphatic heterocycles. The Morgan fingerprint density at radius 3 is 2.70 bits per heavy atom. The molecule has 10 nitrogen and oxygen atoms in total. The fraction of sp³-hybridized carbons (Fsp3) is 0.407. The van der Waals surface area contributed by atoms with Crippen LogP contribution in [0.2, 0.25) is 0 Å². The van der Waals surface area contributed by atoms with E-state index in [0.29, 0.717) is 18.8 Å². The first-order chi connectivity index (χ1) is 17.9. The molecule has 2 aliphatic rings. The van der Waals surface area contributed by atoms with E-state index in [2.05, 4.69) is 20.1 Å². The molecule has 2 aromatic carbocycles. The number of carboxylic acids is 1. The van der Waals surface area contributed by atoms with Gasteiger partial charge in [0.15, 0.2) is 0 Å². The number of rotatable bonds is 4. The van der Waals surface area contributed by atoms with Crippen LogP contribution in [-0.2, 0) is 16.0 Å². The van der Waals surface area contributed by atoms with Crippen molar-refractivity contribution >= 4 is 51.3 Å². The van der Waals surface area contributed by atoms with E-state index in [1.165, 1.54) is 7.11 Å². The Morgan fingerprint density at radius 2 is 1.95 bits per heavy atom. The number of aryl methyl sites for hydroxylation is 1. The van der Waals surface area contributed by atoms with Crippen molar-refractivity contribution in [2.24, 2.45) is 5.92 Å². The summed E-state index contributed by atoms with van der Waals surface area (Å²) in [5, 5.41) is 21.2. The van der Waals surface area contributed by atoms with Gasteiger partial charge in [0.25, 0.3) is 0 Å². The normalized spacial score (nSPS) is 21.7. The van der Waals surface area contributed by atoms with Gasteiger partial charge in [-0.3, -0.25) is 14.8 Å². The lowest BCUT2D eigenvalue weighted by Crippen LogP contribution is -2.42. The standard InChI is InChI=1S/C27H30N6O4/c1-15-3-10-20-22(32(15)27(36)37-2)11-12-23-24(20)30-26(29-18-7-4-17-14-28-31-21(17)13-18)33(23)19-8-5-16(6-9-19)25(34)35/h4,7,11-16,19H,3,5-6,8-10H2,1-2H3,(H,28,31)(H,29,30)(H,34,35)/t15-,16-,19-/m0/s1. The predicted octanol–water partition coefficient (Wildman–Crippen LogP) is 5.38. The van der Waals surface area contributed by atoms with Crippen LogP contribution < -0.4 is 10.2 Å². The maximum Gasteiger partial charge on any atom is 0.414 e. The minimum absolute atomic E-state index is 0.0320. The number of aliphatic carboxylic acids is 1. The number of fused-ring (bicyclic) bond motifs is 4. The van der Waals surface area contributed by atoms with Crippen LogP contribution in [0.5, 0.6) is 0 Å². The number of imidazole rings is 1. The third-order valence-corrected chi connectivity index (χ3v) is 7.94. The van der Waals surface area contributed by atoms with E-state index in [4.69, 9.17) is 9.72 Å². The van der Waals surface area contributed by atoms with E-state index >= 15 is 0 Å². The van der Waals surface area contributed by atoms with Gasteiger partial charge in [0.2, 0.25) is 5.95 Å². The van der Waals surface area contributed by atoms with Crippen molar-refractivity contribution in [2.75, 3.05) is 17.3 Å². The number of carboxylic acid groups (broad SMARTS) is 1. The maximum absolute atomic E-state index is 12.6. The minimum Gasteiger partial charge on any atom is -0.481 e. The summed E-state index contributed by atoms with van der Waals surface area (Å²) in [7, 11) is 1.41. The quantitative estimate of drug-likeness (QED) is 0.342. The van der Waals surface area contributed by atoms with Crippen molar-refractivity contribution in [3.05, 3.63) is 42.1 Å². The van der Waals surface area contributed by atoms with Gasteiger partial charge < -0.3 is 19.7 Å². The van der Waals surface area contributed by atoms with Gasteiger partial charge in [0.05, 0.1) is 41.5 Å². The van der Waals surface area contributed by atoms with E-state index in [1.54, 1.807) is 11.1 Å². The number of hydrogen-bond acceptors (Lipinski definition) is 6. The number of benzene rings is 2. The number of H-pyrrole nitrogens is 1. The van der Waals surface area contributed by atoms with E-state index in [9.17, 15) is 14.7 Å². The second-order valence-electron chi connectivity index (χ2n) is 10.1. The summed E-state index contributed by atoms with van der Waals surface area (Å²) in [6.45, 7) is 2.03. The summed E-state index contributed by atoms with van der Waals surface area (Å²) in [5.41, 5.74) is 5.53. The molecule has 0 bridgehead atoms. The van der Waals surface area contributed by atoms with Crippen molar-refractivity contribution in [3.8, 4) is 0 Å². The molecule has 10 heteroatoms. The molecule has 37 heavy (non-hydrogen) atoms. The molecule has 0 unspecified atom stereocenters. The molecule has 1 saturated carbocycles. The van der Waals surface area contributed by atoms with Crippen molar-refractivity contribution in [3.63, 3.8) is 0 Å². The summed E-state index contributed by atoms with van der Waals surface area (Å²) < 4.78 is 7.31. The van der Waals surface area contributed by atoms with Crippen LogP contribution in [0.25, 0.3) is 21.9 Å². The van der Waals surface area contributed by atoms with Crippen molar-refractivity contribution in [2.45, 2.75) is 57.5 Å².